The van der Waals surface area contributed by atoms with Gasteiger partial charge in [-0.25, -0.2) is 4.79 Å². The standard InChI is InChI=1S/C17H27N2O8P/c1-4-26-28(23,27-5-2)12-8-11(12)9-17(22)10-25-15(14(17)24-3)19-7-6-13(20)18-16(19)21/h6-7,11-12,14-15,22H,4-5,8-10H2,1-3H3,(H,18,20,21)/t11?,12?,14?,15-,17?/m1/s1. The summed E-state index contributed by atoms with van der Waals surface area (Å²) in [5.41, 5.74) is -2.82. The normalized spacial score (nSPS) is 32.6. The zero-order chi connectivity index (χ0) is 20.5. The van der Waals surface area contributed by atoms with E-state index in [9.17, 15) is 19.3 Å². The van der Waals surface area contributed by atoms with Gasteiger partial charge in [0, 0.05) is 19.4 Å². The second kappa shape index (κ2) is 8.22. The average Bonchev–Trinajstić information content (AvgIpc) is 3.31. The van der Waals surface area contributed by atoms with E-state index < -0.39 is 36.8 Å². The number of aliphatic hydroxyl groups is 1. The van der Waals surface area contributed by atoms with E-state index in [2.05, 4.69) is 4.98 Å². The number of aromatic amines is 1. The van der Waals surface area contributed by atoms with Crippen molar-refractivity contribution in [2.24, 2.45) is 5.92 Å². The Morgan fingerprint density at radius 1 is 1.36 bits per heavy atom. The summed E-state index contributed by atoms with van der Waals surface area (Å²) in [5, 5.41) is 11.2. The third-order valence-corrected chi connectivity index (χ3v) is 7.88. The smallest absolute Gasteiger partial charge is 0.333 e. The average molecular weight is 418 g/mol. The zero-order valence-electron chi connectivity index (χ0n) is 16.2. The van der Waals surface area contributed by atoms with Crippen molar-refractivity contribution in [1.82, 2.24) is 9.55 Å². The first kappa shape index (κ1) is 21.4. The molecule has 1 aliphatic heterocycles. The third-order valence-electron chi connectivity index (χ3n) is 5.20. The molecule has 2 aliphatic rings. The second-order valence-electron chi connectivity index (χ2n) is 7.12. The Hall–Kier alpha value is -1.29. The number of aromatic nitrogens is 2. The molecular formula is C17H27N2O8P. The fourth-order valence-corrected chi connectivity index (χ4v) is 6.24. The number of hydrogen-bond donors (Lipinski definition) is 2. The van der Waals surface area contributed by atoms with Crippen LogP contribution in [-0.4, -0.2) is 59.0 Å². The van der Waals surface area contributed by atoms with Crippen LogP contribution in [0.5, 0.6) is 0 Å². The molecule has 1 saturated carbocycles. The number of hydrogen-bond acceptors (Lipinski definition) is 8. The number of nitrogens with one attached hydrogen (secondary N) is 1. The monoisotopic (exact) mass is 418 g/mol. The van der Waals surface area contributed by atoms with Crippen LogP contribution in [0.25, 0.3) is 0 Å². The van der Waals surface area contributed by atoms with E-state index >= 15 is 0 Å². The van der Waals surface area contributed by atoms with Crippen LogP contribution in [0.3, 0.4) is 0 Å². The molecule has 1 aromatic heterocycles. The summed E-state index contributed by atoms with van der Waals surface area (Å²) in [4.78, 5) is 25.5. The van der Waals surface area contributed by atoms with Gasteiger partial charge in [0.15, 0.2) is 6.23 Å². The molecule has 5 atom stereocenters. The zero-order valence-corrected chi connectivity index (χ0v) is 17.1. The molecule has 28 heavy (non-hydrogen) atoms. The van der Waals surface area contributed by atoms with Gasteiger partial charge in [-0.15, -0.1) is 0 Å². The van der Waals surface area contributed by atoms with Gasteiger partial charge in [-0.1, -0.05) is 0 Å². The lowest BCUT2D eigenvalue weighted by atomic mass is 9.92. The quantitative estimate of drug-likeness (QED) is 0.565. The van der Waals surface area contributed by atoms with Crippen molar-refractivity contribution < 1.29 is 28.2 Å². The molecule has 1 aliphatic carbocycles. The predicted molar refractivity (Wildman–Crippen MR) is 99.4 cm³/mol. The molecule has 11 heteroatoms. The van der Waals surface area contributed by atoms with Gasteiger partial charge in [-0.2, -0.15) is 0 Å². The summed E-state index contributed by atoms with van der Waals surface area (Å²) in [6, 6.07) is 1.20. The minimum Gasteiger partial charge on any atom is -0.385 e. The van der Waals surface area contributed by atoms with Gasteiger partial charge in [-0.3, -0.25) is 18.9 Å². The molecule has 0 amide bonds. The van der Waals surface area contributed by atoms with Crippen LogP contribution in [-0.2, 0) is 23.1 Å². The first-order valence-corrected chi connectivity index (χ1v) is 11.0. The van der Waals surface area contributed by atoms with Crippen LogP contribution in [0.15, 0.2) is 21.9 Å². The Morgan fingerprint density at radius 2 is 2.04 bits per heavy atom. The molecule has 10 nitrogen and oxygen atoms in total. The van der Waals surface area contributed by atoms with E-state index in [0.717, 1.165) is 0 Å². The van der Waals surface area contributed by atoms with E-state index in [1.54, 1.807) is 13.8 Å². The predicted octanol–water partition coefficient (Wildman–Crippen LogP) is 0.856. The first-order chi connectivity index (χ1) is 13.3. The summed E-state index contributed by atoms with van der Waals surface area (Å²) in [6.07, 6.45) is 0.467. The van der Waals surface area contributed by atoms with Crippen molar-refractivity contribution in [2.75, 3.05) is 26.9 Å². The maximum absolute atomic E-state index is 12.9. The molecule has 1 saturated heterocycles. The molecular weight excluding hydrogens is 391 g/mol. The second-order valence-corrected chi connectivity index (χ2v) is 9.38. The number of rotatable bonds is 9. The Morgan fingerprint density at radius 3 is 2.61 bits per heavy atom. The fourth-order valence-electron chi connectivity index (χ4n) is 3.91. The molecule has 0 aromatic carbocycles. The molecule has 3 rings (SSSR count). The summed E-state index contributed by atoms with van der Waals surface area (Å²) < 4.78 is 36.0. The van der Waals surface area contributed by atoms with Crippen LogP contribution < -0.4 is 11.2 Å². The van der Waals surface area contributed by atoms with Gasteiger partial charge in [0.2, 0.25) is 0 Å². The molecule has 158 valence electrons. The van der Waals surface area contributed by atoms with Crippen LogP contribution in [0, 0.1) is 5.92 Å². The summed E-state index contributed by atoms with van der Waals surface area (Å²) in [7, 11) is -1.81. The third kappa shape index (κ3) is 4.03. The Labute approximate surface area is 162 Å². The first-order valence-electron chi connectivity index (χ1n) is 9.35. The van der Waals surface area contributed by atoms with Crippen LogP contribution in [0.2, 0.25) is 0 Å². The van der Waals surface area contributed by atoms with Crippen LogP contribution >= 0.6 is 7.60 Å². The summed E-state index contributed by atoms with van der Waals surface area (Å²) >= 11 is 0. The maximum Gasteiger partial charge on any atom is 0.333 e. The molecule has 4 unspecified atom stereocenters. The van der Waals surface area contributed by atoms with E-state index in [4.69, 9.17) is 18.5 Å². The van der Waals surface area contributed by atoms with Crippen molar-refractivity contribution >= 4 is 7.60 Å². The van der Waals surface area contributed by atoms with Gasteiger partial charge in [0.05, 0.1) is 25.5 Å². The van der Waals surface area contributed by atoms with Crippen LogP contribution in [0.4, 0.5) is 0 Å². The molecule has 1 aromatic rings. The highest BCUT2D eigenvalue weighted by molar-refractivity contribution is 7.55. The summed E-state index contributed by atoms with van der Waals surface area (Å²) in [6.45, 7) is 4.03. The van der Waals surface area contributed by atoms with Gasteiger partial charge in [0.25, 0.3) is 5.56 Å². The lowest BCUT2D eigenvalue weighted by molar-refractivity contribution is -0.0903. The van der Waals surface area contributed by atoms with Crippen molar-refractivity contribution in [3.05, 3.63) is 33.1 Å². The van der Waals surface area contributed by atoms with Crippen LogP contribution in [0.1, 0.15) is 32.9 Å². The lowest BCUT2D eigenvalue weighted by Crippen LogP contribution is -2.46. The Kier molecular flexibility index (Phi) is 6.29. The van der Waals surface area contributed by atoms with E-state index in [0.29, 0.717) is 6.42 Å². The van der Waals surface area contributed by atoms with Gasteiger partial charge >= 0.3 is 13.3 Å². The van der Waals surface area contributed by atoms with E-state index in [1.165, 1.54) is 23.9 Å². The lowest BCUT2D eigenvalue weighted by Gasteiger charge is -2.30. The Bertz CT molecular complexity index is 844. The minimum absolute atomic E-state index is 0.0570. The topological polar surface area (TPSA) is 129 Å². The highest BCUT2D eigenvalue weighted by Crippen LogP contribution is 2.67. The van der Waals surface area contributed by atoms with Crippen molar-refractivity contribution in [1.29, 1.82) is 0 Å². The molecule has 2 N–H and O–H groups in total. The Balaban J connectivity index is 1.75. The number of methoxy groups -OCH3 is 1. The van der Waals surface area contributed by atoms with Gasteiger partial charge in [0.1, 0.15) is 11.7 Å². The molecule has 2 heterocycles. The maximum atomic E-state index is 12.9. The van der Waals surface area contributed by atoms with Crippen molar-refractivity contribution in [2.45, 2.75) is 50.3 Å². The van der Waals surface area contributed by atoms with E-state index in [-0.39, 0.29) is 37.8 Å². The molecule has 0 radical (unpaired) electrons. The van der Waals surface area contributed by atoms with Crippen molar-refractivity contribution in [3.8, 4) is 0 Å². The SMILES string of the molecule is CCOP(=O)(OCC)C1CC1CC1(O)CO[C@@H](n2ccc(=O)[nH]c2=O)C1OC. The largest absolute Gasteiger partial charge is 0.385 e. The highest BCUT2D eigenvalue weighted by atomic mass is 31.2. The molecule has 0 bridgehead atoms. The number of ether oxygens (including phenoxy) is 2. The van der Waals surface area contributed by atoms with Gasteiger partial charge < -0.3 is 23.6 Å². The van der Waals surface area contributed by atoms with Gasteiger partial charge in [-0.05, 0) is 32.6 Å². The number of nitrogens with zero attached hydrogens (tertiary/aromatic N) is 1. The highest BCUT2D eigenvalue weighted by Gasteiger charge is 2.59. The van der Waals surface area contributed by atoms with E-state index in [1.807, 2.05) is 0 Å². The molecule has 2 fully saturated rings. The minimum atomic E-state index is -3.23. The molecule has 0 spiro atoms. The number of H-pyrrole nitrogens is 1. The summed E-state index contributed by atoms with van der Waals surface area (Å²) in [5.74, 6) is -0.0683. The van der Waals surface area contributed by atoms with Crippen molar-refractivity contribution in [3.63, 3.8) is 0 Å². The fraction of sp³-hybridized carbons (Fsp3) is 0.765.